The van der Waals surface area contributed by atoms with E-state index in [1.54, 1.807) is 11.0 Å². The zero-order chi connectivity index (χ0) is 19.2. The number of hydrogen-bond acceptors (Lipinski definition) is 5. The molecule has 2 N–H and O–H groups in total. The molecule has 0 unspecified atom stereocenters. The second kappa shape index (κ2) is 8.83. The molecular weight excluding hydrogens is 368 g/mol. The Morgan fingerprint density at radius 1 is 1.26 bits per heavy atom. The molecule has 1 saturated heterocycles. The van der Waals surface area contributed by atoms with Gasteiger partial charge in [0.25, 0.3) is 5.91 Å². The molecule has 8 heteroatoms. The van der Waals surface area contributed by atoms with Crippen LogP contribution in [-0.2, 0) is 16.1 Å². The highest BCUT2D eigenvalue weighted by molar-refractivity contribution is 6.33. The number of carbonyl (C=O) groups is 2. The smallest absolute Gasteiger partial charge is 0.255 e. The third-order valence-electron chi connectivity index (χ3n) is 4.09. The van der Waals surface area contributed by atoms with Gasteiger partial charge in [0, 0.05) is 38.4 Å². The van der Waals surface area contributed by atoms with Gasteiger partial charge in [0.1, 0.15) is 5.82 Å². The molecule has 2 heterocycles. The first-order valence-electron chi connectivity index (χ1n) is 8.66. The molecule has 1 aromatic carbocycles. The quantitative estimate of drug-likeness (QED) is 0.822. The summed E-state index contributed by atoms with van der Waals surface area (Å²) in [5.74, 6) is 0.285. The zero-order valence-electron chi connectivity index (χ0n) is 15.0. The van der Waals surface area contributed by atoms with Crippen molar-refractivity contribution < 1.29 is 14.3 Å². The Hall–Kier alpha value is -2.64. The number of amides is 2. The van der Waals surface area contributed by atoms with E-state index >= 15 is 0 Å². The topological polar surface area (TPSA) is 83.6 Å². The number of hydrogen-bond donors (Lipinski definition) is 2. The SMILES string of the molecule is CC(=O)Nc1cccc(CNc2ncc(C(=O)N3CCOCC3)cc2Cl)c1. The van der Waals surface area contributed by atoms with E-state index in [9.17, 15) is 9.59 Å². The molecule has 0 spiro atoms. The Balaban J connectivity index is 1.64. The number of nitrogens with zero attached hydrogens (tertiary/aromatic N) is 2. The van der Waals surface area contributed by atoms with Gasteiger partial charge < -0.3 is 20.3 Å². The molecule has 0 bridgehead atoms. The lowest BCUT2D eigenvalue weighted by molar-refractivity contribution is -0.114. The van der Waals surface area contributed by atoms with Gasteiger partial charge in [-0.15, -0.1) is 0 Å². The summed E-state index contributed by atoms with van der Waals surface area (Å²) in [4.78, 5) is 29.7. The number of benzene rings is 1. The number of morpholine rings is 1. The molecule has 2 aromatic rings. The van der Waals surface area contributed by atoms with Gasteiger partial charge in [0.05, 0.1) is 23.8 Å². The van der Waals surface area contributed by atoms with Crippen molar-refractivity contribution in [2.45, 2.75) is 13.5 Å². The predicted octanol–water partition coefficient (Wildman–Crippen LogP) is 2.78. The minimum absolute atomic E-state index is 0.0951. The second-order valence-electron chi connectivity index (χ2n) is 6.19. The Kier molecular flexibility index (Phi) is 6.26. The molecule has 1 fully saturated rings. The number of rotatable bonds is 5. The Bertz CT molecular complexity index is 837. The van der Waals surface area contributed by atoms with Gasteiger partial charge in [-0.25, -0.2) is 4.98 Å². The Morgan fingerprint density at radius 3 is 2.74 bits per heavy atom. The number of carbonyl (C=O) groups excluding carboxylic acids is 2. The molecule has 3 rings (SSSR count). The fourth-order valence-corrected chi connectivity index (χ4v) is 3.02. The number of pyridine rings is 1. The Morgan fingerprint density at radius 2 is 2.04 bits per heavy atom. The van der Waals surface area contributed by atoms with Gasteiger partial charge in [-0.05, 0) is 23.8 Å². The number of aromatic nitrogens is 1. The predicted molar refractivity (Wildman–Crippen MR) is 104 cm³/mol. The fraction of sp³-hybridized carbons (Fsp3) is 0.316. The maximum Gasteiger partial charge on any atom is 0.255 e. The van der Waals surface area contributed by atoms with E-state index in [-0.39, 0.29) is 11.8 Å². The van der Waals surface area contributed by atoms with E-state index in [4.69, 9.17) is 16.3 Å². The van der Waals surface area contributed by atoms with Gasteiger partial charge in [-0.2, -0.15) is 0 Å². The van der Waals surface area contributed by atoms with Crippen LogP contribution >= 0.6 is 11.6 Å². The summed E-state index contributed by atoms with van der Waals surface area (Å²) >= 11 is 6.30. The number of nitrogens with one attached hydrogen (secondary N) is 2. The van der Waals surface area contributed by atoms with Crippen LogP contribution in [0.4, 0.5) is 11.5 Å². The normalized spacial score (nSPS) is 13.9. The van der Waals surface area contributed by atoms with Crippen LogP contribution in [0.25, 0.3) is 0 Å². The standard InChI is InChI=1S/C19H21ClN4O3/c1-13(25)23-16-4-2-3-14(9-16)11-21-18-17(20)10-15(12-22-18)19(26)24-5-7-27-8-6-24/h2-4,9-10,12H,5-8,11H2,1H3,(H,21,22)(H,23,25). The van der Waals surface area contributed by atoms with Crippen molar-refractivity contribution in [3.63, 3.8) is 0 Å². The lowest BCUT2D eigenvalue weighted by Gasteiger charge is -2.26. The maximum absolute atomic E-state index is 12.5. The molecule has 142 valence electrons. The zero-order valence-corrected chi connectivity index (χ0v) is 15.8. The van der Waals surface area contributed by atoms with E-state index in [0.29, 0.717) is 49.3 Å². The first-order valence-corrected chi connectivity index (χ1v) is 9.03. The van der Waals surface area contributed by atoms with Crippen LogP contribution in [-0.4, -0.2) is 48.0 Å². The molecule has 1 aliphatic heterocycles. The van der Waals surface area contributed by atoms with Crippen LogP contribution in [0.3, 0.4) is 0 Å². The van der Waals surface area contributed by atoms with Crippen LogP contribution in [0.15, 0.2) is 36.5 Å². The van der Waals surface area contributed by atoms with Crippen LogP contribution in [0, 0.1) is 0 Å². The molecule has 0 radical (unpaired) electrons. The molecule has 7 nitrogen and oxygen atoms in total. The van der Waals surface area contributed by atoms with Crippen molar-refractivity contribution in [2.24, 2.45) is 0 Å². The molecule has 0 saturated carbocycles. The van der Waals surface area contributed by atoms with Gasteiger partial charge in [0.2, 0.25) is 5.91 Å². The summed E-state index contributed by atoms with van der Waals surface area (Å²) in [5.41, 5.74) is 2.15. The van der Waals surface area contributed by atoms with E-state index in [1.807, 2.05) is 24.3 Å². The van der Waals surface area contributed by atoms with Crippen molar-refractivity contribution in [3.8, 4) is 0 Å². The number of anilines is 2. The third kappa shape index (κ3) is 5.18. The largest absolute Gasteiger partial charge is 0.378 e. The van der Waals surface area contributed by atoms with Crippen LogP contribution < -0.4 is 10.6 Å². The summed E-state index contributed by atoms with van der Waals surface area (Å²) in [6, 6.07) is 9.12. The van der Waals surface area contributed by atoms with Gasteiger partial charge >= 0.3 is 0 Å². The van der Waals surface area contributed by atoms with E-state index in [1.165, 1.54) is 13.1 Å². The van der Waals surface area contributed by atoms with Crippen molar-refractivity contribution in [1.82, 2.24) is 9.88 Å². The van der Waals surface area contributed by atoms with Crippen molar-refractivity contribution >= 4 is 34.9 Å². The minimum atomic E-state index is -0.120. The monoisotopic (exact) mass is 388 g/mol. The summed E-state index contributed by atoms with van der Waals surface area (Å²) in [7, 11) is 0. The molecular formula is C19H21ClN4O3. The summed E-state index contributed by atoms with van der Waals surface area (Å²) in [5, 5.41) is 6.28. The van der Waals surface area contributed by atoms with Gasteiger partial charge in [-0.3, -0.25) is 9.59 Å². The van der Waals surface area contributed by atoms with Gasteiger partial charge in [-0.1, -0.05) is 23.7 Å². The molecule has 0 aliphatic carbocycles. The lowest BCUT2D eigenvalue weighted by Crippen LogP contribution is -2.40. The molecule has 0 atom stereocenters. The molecule has 27 heavy (non-hydrogen) atoms. The van der Waals surface area contributed by atoms with Crippen LogP contribution in [0.2, 0.25) is 5.02 Å². The highest BCUT2D eigenvalue weighted by Crippen LogP contribution is 2.22. The van der Waals surface area contributed by atoms with Crippen molar-refractivity contribution in [3.05, 3.63) is 52.7 Å². The maximum atomic E-state index is 12.5. The fourth-order valence-electron chi connectivity index (χ4n) is 2.78. The van der Waals surface area contributed by atoms with Crippen LogP contribution in [0.1, 0.15) is 22.8 Å². The highest BCUT2D eigenvalue weighted by Gasteiger charge is 2.19. The molecule has 1 aliphatic rings. The highest BCUT2D eigenvalue weighted by atomic mass is 35.5. The third-order valence-corrected chi connectivity index (χ3v) is 4.38. The van der Waals surface area contributed by atoms with Crippen molar-refractivity contribution in [2.75, 3.05) is 36.9 Å². The summed E-state index contributed by atoms with van der Waals surface area (Å²) < 4.78 is 5.26. The summed E-state index contributed by atoms with van der Waals surface area (Å²) in [6.45, 7) is 4.18. The average Bonchev–Trinajstić information content (AvgIpc) is 2.67. The first kappa shape index (κ1) is 19.1. The van der Waals surface area contributed by atoms with E-state index < -0.39 is 0 Å². The average molecular weight is 389 g/mol. The summed E-state index contributed by atoms with van der Waals surface area (Å²) in [6.07, 6.45) is 1.53. The second-order valence-corrected chi connectivity index (χ2v) is 6.60. The van der Waals surface area contributed by atoms with E-state index in [0.717, 1.165) is 11.3 Å². The van der Waals surface area contributed by atoms with Crippen molar-refractivity contribution in [1.29, 1.82) is 0 Å². The van der Waals surface area contributed by atoms with E-state index in [2.05, 4.69) is 15.6 Å². The molecule has 2 amide bonds. The molecule has 1 aromatic heterocycles. The number of halogens is 1. The first-order chi connectivity index (χ1) is 13.0. The Labute approximate surface area is 162 Å². The van der Waals surface area contributed by atoms with Crippen LogP contribution in [0.5, 0.6) is 0 Å². The number of ether oxygens (including phenoxy) is 1. The minimum Gasteiger partial charge on any atom is -0.378 e. The van der Waals surface area contributed by atoms with Gasteiger partial charge in [0.15, 0.2) is 0 Å². The lowest BCUT2D eigenvalue weighted by atomic mass is 10.2.